The Hall–Kier alpha value is -2.56. The Morgan fingerprint density at radius 3 is 2.53 bits per heavy atom. The van der Waals surface area contributed by atoms with Crippen LogP contribution in [0, 0.1) is 0 Å². The van der Waals surface area contributed by atoms with E-state index in [0.29, 0.717) is 30.4 Å². The Balaban J connectivity index is 1.22. The number of anilines is 1. The number of hydrogen-bond donors (Lipinski definition) is 0. The first-order valence-corrected chi connectivity index (χ1v) is 12.9. The van der Waals surface area contributed by atoms with Gasteiger partial charge in [0.25, 0.3) is 15.9 Å². The van der Waals surface area contributed by atoms with E-state index < -0.39 is 10.0 Å². The van der Waals surface area contributed by atoms with E-state index in [-0.39, 0.29) is 11.7 Å². The lowest BCUT2D eigenvalue weighted by Crippen LogP contribution is -2.48. The number of carbonyl (C=O) groups is 1. The number of nitrogens with zero attached hydrogens (tertiary/aromatic N) is 4. The molecule has 0 atom stereocenters. The summed E-state index contributed by atoms with van der Waals surface area (Å²) in [5.41, 5.74) is 2.77. The SMILES string of the molecule is COc1ccc(CN2CCN(C(=O)c3ccc4c(c3)SC3=NS(=O)(=O)CCN34)CC2)cc1. The number of piperazine rings is 1. The largest absolute Gasteiger partial charge is 0.497 e. The fourth-order valence-corrected chi connectivity index (χ4v) is 6.44. The molecule has 0 aliphatic carbocycles. The van der Waals surface area contributed by atoms with Crippen LogP contribution < -0.4 is 9.64 Å². The van der Waals surface area contributed by atoms with Crippen LogP contribution in [0.25, 0.3) is 0 Å². The third-order valence-corrected chi connectivity index (χ3v) is 8.25. The monoisotopic (exact) mass is 472 g/mol. The number of methoxy groups -OCH3 is 1. The lowest BCUT2D eigenvalue weighted by atomic mass is 10.1. The minimum absolute atomic E-state index is 0.0110. The first kappa shape index (κ1) is 21.3. The molecule has 0 unspecified atom stereocenters. The van der Waals surface area contributed by atoms with Crippen molar-refractivity contribution in [3.8, 4) is 5.75 Å². The smallest absolute Gasteiger partial charge is 0.257 e. The molecule has 32 heavy (non-hydrogen) atoms. The summed E-state index contributed by atoms with van der Waals surface area (Å²) in [6.07, 6.45) is 0. The Bertz CT molecular complexity index is 1170. The topological polar surface area (TPSA) is 82.5 Å². The molecule has 0 N–H and O–H groups in total. The Morgan fingerprint density at radius 1 is 1.06 bits per heavy atom. The first-order chi connectivity index (χ1) is 15.4. The van der Waals surface area contributed by atoms with Crippen LogP contribution in [-0.2, 0) is 16.6 Å². The number of fused-ring (bicyclic) bond motifs is 3. The van der Waals surface area contributed by atoms with Gasteiger partial charge in [0.05, 0.1) is 18.6 Å². The maximum absolute atomic E-state index is 13.1. The maximum atomic E-state index is 13.1. The lowest BCUT2D eigenvalue weighted by Gasteiger charge is -2.35. The third-order valence-electron chi connectivity index (χ3n) is 5.94. The summed E-state index contributed by atoms with van der Waals surface area (Å²) in [6, 6.07) is 13.7. The van der Waals surface area contributed by atoms with Gasteiger partial charge in [-0.2, -0.15) is 0 Å². The van der Waals surface area contributed by atoms with Crippen molar-refractivity contribution in [2.24, 2.45) is 4.40 Å². The molecule has 1 amide bonds. The van der Waals surface area contributed by atoms with E-state index in [1.54, 1.807) is 7.11 Å². The summed E-state index contributed by atoms with van der Waals surface area (Å²) in [7, 11) is -1.73. The van der Waals surface area contributed by atoms with Crippen molar-refractivity contribution in [3.05, 3.63) is 53.6 Å². The second-order valence-corrected chi connectivity index (χ2v) is 10.8. The second kappa shape index (κ2) is 8.42. The van der Waals surface area contributed by atoms with Gasteiger partial charge in [0, 0.05) is 49.7 Å². The number of sulfonamides is 1. The van der Waals surface area contributed by atoms with Crippen LogP contribution in [0.15, 0.2) is 51.8 Å². The number of ether oxygens (including phenoxy) is 1. The predicted molar refractivity (Wildman–Crippen MR) is 125 cm³/mol. The predicted octanol–water partition coefficient (Wildman–Crippen LogP) is 2.26. The molecule has 168 valence electrons. The van der Waals surface area contributed by atoms with Gasteiger partial charge in [0.1, 0.15) is 5.75 Å². The third kappa shape index (κ3) is 4.22. The molecule has 0 radical (unpaired) electrons. The van der Waals surface area contributed by atoms with Crippen LogP contribution in [0.4, 0.5) is 5.69 Å². The average molecular weight is 473 g/mol. The molecule has 5 rings (SSSR count). The van der Waals surface area contributed by atoms with Gasteiger partial charge >= 0.3 is 0 Å². The lowest BCUT2D eigenvalue weighted by molar-refractivity contribution is 0.0628. The maximum Gasteiger partial charge on any atom is 0.257 e. The van der Waals surface area contributed by atoms with Crippen molar-refractivity contribution in [1.29, 1.82) is 0 Å². The fourth-order valence-electron chi connectivity index (χ4n) is 4.14. The van der Waals surface area contributed by atoms with Crippen molar-refractivity contribution >= 4 is 38.5 Å². The molecule has 0 aromatic heterocycles. The molecule has 0 bridgehead atoms. The summed E-state index contributed by atoms with van der Waals surface area (Å²) >= 11 is 1.31. The normalized spacial score (nSPS) is 19.8. The number of thioether (sulfide) groups is 1. The molecule has 0 spiro atoms. The molecule has 3 aliphatic heterocycles. The Morgan fingerprint density at radius 2 is 1.81 bits per heavy atom. The summed E-state index contributed by atoms with van der Waals surface area (Å²) < 4.78 is 32.7. The van der Waals surface area contributed by atoms with Crippen LogP contribution in [-0.4, -0.2) is 74.9 Å². The minimum atomic E-state index is -3.39. The highest BCUT2D eigenvalue weighted by molar-refractivity contribution is 8.15. The number of amidine groups is 1. The van der Waals surface area contributed by atoms with E-state index in [1.807, 2.05) is 40.1 Å². The average Bonchev–Trinajstić information content (AvgIpc) is 3.15. The van der Waals surface area contributed by atoms with E-state index in [1.165, 1.54) is 17.3 Å². The zero-order chi connectivity index (χ0) is 22.3. The van der Waals surface area contributed by atoms with Gasteiger partial charge in [-0.3, -0.25) is 9.69 Å². The summed E-state index contributed by atoms with van der Waals surface area (Å²) in [5, 5.41) is 0.475. The number of benzene rings is 2. The van der Waals surface area contributed by atoms with Gasteiger partial charge in [0.2, 0.25) is 0 Å². The Labute approximate surface area is 191 Å². The van der Waals surface area contributed by atoms with Gasteiger partial charge in [-0.25, -0.2) is 8.42 Å². The first-order valence-electron chi connectivity index (χ1n) is 10.5. The van der Waals surface area contributed by atoms with Gasteiger partial charge in [-0.05, 0) is 47.7 Å². The zero-order valence-electron chi connectivity index (χ0n) is 17.7. The van der Waals surface area contributed by atoms with Gasteiger partial charge in [-0.15, -0.1) is 4.40 Å². The number of amides is 1. The van der Waals surface area contributed by atoms with Crippen molar-refractivity contribution in [2.75, 3.05) is 50.5 Å². The van der Waals surface area contributed by atoms with E-state index >= 15 is 0 Å². The Kier molecular flexibility index (Phi) is 5.60. The van der Waals surface area contributed by atoms with Crippen molar-refractivity contribution < 1.29 is 17.9 Å². The molecule has 3 heterocycles. The van der Waals surface area contributed by atoms with Crippen LogP contribution in [0.1, 0.15) is 15.9 Å². The molecule has 1 fully saturated rings. The van der Waals surface area contributed by atoms with E-state index in [4.69, 9.17) is 4.74 Å². The highest BCUT2D eigenvalue weighted by Crippen LogP contribution is 2.42. The number of hydrogen-bond acceptors (Lipinski definition) is 7. The van der Waals surface area contributed by atoms with Gasteiger partial charge in [0.15, 0.2) is 5.17 Å². The van der Waals surface area contributed by atoms with Gasteiger partial charge < -0.3 is 14.5 Å². The molecule has 1 saturated heterocycles. The van der Waals surface area contributed by atoms with Gasteiger partial charge in [-0.1, -0.05) is 12.1 Å². The number of carbonyl (C=O) groups excluding carboxylic acids is 1. The molecule has 10 heteroatoms. The molecule has 8 nitrogen and oxygen atoms in total. The van der Waals surface area contributed by atoms with E-state index in [9.17, 15) is 13.2 Å². The standard InChI is InChI=1S/C22H24N4O4S2/c1-30-18-5-2-16(3-6-18)15-24-8-10-25(11-9-24)21(27)17-4-7-19-20(14-17)31-22-23-32(28,29)13-12-26(19)22/h2-7,14H,8-13,15H2,1H3. The van der Waals surface area contributed by atoms with Crippen LogP contribution in [0.5, 0.6) is 5.75 Å². The van der Waals surface area contributed by atoms with E-state index in [2.05, 4.69) is 21.4 Å². The van der Waals surface area contributed by atoms with Crippen LogP contribution in [0.2, 0.25) is 0 Å². The number of rotatable bonds is 4. The molecule has 0 saturated carbocycles. The molecule has 2 aromatic carbocycles. The van der Waals surface area contributed by atoms with Crippen molar-refractivity contribution in [2.45, 2.75) is 11.4 Å². The van der Waals surface area contributed by atoms with Crippen LogP contribution in [0.3, 0.4) is 0 Å². The quantitative estimate of drug-likeness (QED) is 0.675. The molecular weight excluding hydrogens is 448 g/mol. The molecule has 3 aliphatic rings. The zero-order valence-corrected chi connectivity index (χ0v) is 19.4. The minimum Gasteiger partial charge on any atom is -0.497 e. The molecular formula is C22H24N4O4S2. The highest BCUT2D eigenvalue weighted by Gasteiger charge is 2.34. The van der Waals surface area contributed by atoms with Crippen molar-refractivity contribution in [1.82, 2.24) is 9.80 Å². The summed E-state index contributed by atoms with van der Waals surface area (Å²) in [4.78, 5) is 20.1. The van der Waals surface area contributed by atoms with Crippen LogP contribution >= 0.6 is 11.8 Å². The highest BCUT2D eigenvalue weighted by atomic mass is 32.2. The van der Waals surface area contributed by atoms with E-state index in [0.717, 1.165) is 36.0 Å². The second-order valence-electron chi connectivity index (χ2n) is 8.01. The summed E-state index contributed by atoms with van der Waals surface area (Å²) in [6.45, 7) is 4.24. The summed E-state index contributed by atoms with van der Waals surface area (Å²) in [5.74, 6) is 0.871. The fraction of sp³-hybridized carbons (Fsp3) is 0.364. The molecule has 2 aromatic rings. The van der Waals surface area contributed by atoms with Crippen molar-refractivity contribution in [3.63, 3.8) is 0 Å².